The number of thiazole rings is 1. The molecule has 4 nitrogen and oxygen atoms in total. The maximum absolute atomic E-state index is 13.0. The van der Waals surface area contributed by atoms with E-state index in [4.69, 9.17) is 14.8 Å². The Kier molecular flexibility index (Phi) is 8.37. The Hall–Kier alpha value is -3.13. The molecule has 1 N–H and O–H groups in total. The third-order valence-electron chi connectivity index (χ3n) is 5.62. The minimum atomic E-state index is -4.38. The standard InChI is InChI=1S/C28H24F3NO3SSe/c1-17-14-22(12-13-23(17)35-16-25(33)34)37-24(15-19-6-4-3-5-7-19)26-18(2)32-27(36-26)20-8-10-21(11-9-20)28(29,30)31/h3-14,24H,15-16H2,1-2H3,(H,33,34). The molecule has 0 bridgehead atoms. The molecule has 1 aromatic heterocycles. The first kappa shape index (κ1) is 26.9. The van der Waals surface area contributed by atoms with E-state index in [1.165, 1.54) is 29.0 Å². The number of alkyl halides is 3. The van der Waals surface area contributed by atoms with E-state index < -0.39 is 24.3 Å². The van der Waals surface area contributed by atoms with Crippen LogP contribution in [-0.4, -0.2) is 37.6 Å². The van der Waals surface area contributed by atoms with E-state index in [0.29, 0.717) is 16.3 Å². The van der Waals surface area contributed by atoms with E-state index in [9.17, 15) is 18.0 Å². The molecular formula is C28H24F3NO3SSe. The van der Waals surface area contributed by atoms with Gasteiger partial charge in [0.05, 0.1) is 0 Å². The summed E-state index contributed by atoms with van der Waals surface area (Å²) >= 11 is 1.53. The average Bonchev–Trinajstić information content (AvgIpc) is 3.25. The van der Waals surface area contributed by atoms with Gasteiger partial charge in [0.15, 0.2) is 0 Å². The Morgan fingerprint density at radius 1 is 1.05 bits per heavy atom. The van der Waals surface area contributed by atoms with Crippen molar-refractivity contribution in [3.8, 4) is 16.3 Å². The van der Waals surface area contributed by atoms with Gasteiger partial charge >= 0.3 is 224 Å². The number of hydrogen-bond acceptors (Lipinski definition) is 4. The molecule has 0 saturated heterocycles. The van der Waals surface area contributed by atoms with Gasteiger partial charge in [-0.1, -0.05) is 0 Å². The summed E-state index contributed by atoms with van der Waals surface area (Å²) < 4.78 is 45.5. The van der Waals surface area contributed by atoms with E-state index in [-0.39, 0.29) is 19.8 Å². The fraction of sp³-hybridized carbons (Fsp3) is 0.214. The van der Waals surface area contributed by atoms with Gasteiger partial charge in [-0.25, -0.2) is 0 Å². The van der Waals surface area contributed by atoms with Crippen LogP contribution >= 0.6 is 11.3 Å². The van der Waals surface area contributed by atoms with Gasteiger partial charge in [-0.05, 0) is 0 Å². The molecule has 1 unspecified atom stereocenters. The first-order valence-electron chi connectivity index (χ1n) is 11.4. The van der Waals surface area contributed by atoms with Gasteiger partial charge in [-0.15, -0.1) is 0 Å². The summed E-state index contributed by atoms with van der Waals surface area (Å²) in [6.45, 7) is 3.44. The second-order valence-corrected chi connectivity index (χ2v) is 12.2. The Bertz CT molecular complexity index is 1370. The van der Waals surface area contributed by atoms with Crippen LogP contribution in [0.3, 0.4) is 0 Å². The number of aryl methyl sites for hydroxylation is 2. The van der Waals surface area contributed by atoms with Crippen LogP contribution in [-0.2, 0) is 17.4 Å². The third kappa shape index (κ3) is 7.00. The number of aromatic nitrogens is 1. The van der Waals surface area contributed by atoms with Crippen molar-refractivity contribution in [3.63, 3.8) is 0 Å². The second kappa shape index (κ2) is 11.5. The quantitative estimate of drug-likeness (QED) is 0.235. The molecule has 0 fully saturated rings. The number of benzene rings is 3. The molecule has 37 heavy (non-hydrogen) atoms. The topological polar surface area (TPSA) is 59.4 Å². The molecule has 9 heteroatoms. The number of nitrogens with zero attached hydrogens (tertiary/aromatic N) is 1. The summed E-state index contributed by atoms with van der Waals surface area (Å²) in [6, 6.07) is 21.1. The Morgan fingerprint density at radius 3 is 2.38 bits per heavy atom. The van der Waals surface area contributed by atoms with Crippen LogP contribution in [0.5, 0.6) is 5.75 Å². The van der Waals surface area contributed by atoms with Crippen LogP contribution in [0.4, 0.5) is 13.2 Å². The van der Waals surface area contributed by atoms with E-state index in [1.54, 1.807) is 0 Å². The summed E-state index contributed by atoms with van der Waals surface area (Å²) in [7, 11) is 0. The van der Waals surface area contributed by atoms with Crippen molar-refractivity contribution < 1.29 is 27.8 Å². The molecule has 4 rings (SSSR count). The van der Waals surface area contributed by atoms with Crippen molar-refractivity contribution in [2.45, 2.75) is 31.3 Å². The summed E-state index contributed by atoms with van der Waals surface area (Å²) in [5.74, 6) is -0.486. The van der Waals surface area contributed by atoms with Gasteiger partial charge in [0.1, 0.15) is 0 Å². The zero-order chi connectivity index (χ0) is 26.6. The van der Waals surface area contributed by atoms with E-state index in [0.717, 1.165) is 39.1 Å². The number of aliphatic carboxylic acids is 1. The van der Waals surface area contributed by atoms with Gasteiger partial charge in [0.25, 0.3) is 0 Å². The average molecular weight is 591 g/mol. The zero-order valence-corrected chi connectivity index (χ0v) is 22.6. The molecule has 0 aliphatic carbocycles. The van der Waals surface area contributed by atoms with Gasteiger partial charge in [0.2, 0.25) is 0 Å². The van der Waals surface area contributed by atoms with Crippen LogP contribution in [0.1, 0.15) is 32.1 Å². The summed E-state index contributed by atoms with van der Waals surface area (Å²) in [5, 5.41) is 9.59. The number of rotatable bonds is 9. The predicted molar refractivity (Wildman–Crippen MR) is 140 cm³/mol. The number of carboxylic acid groups (broad SMARTS) is 1. The van der Waals surface area contributed by atoms with E-state index in [1.807, 2.05) is 50.2 Å². The number of halogens is 3. The second-order valence-electron chi connectivity index (χ2n) is 8.45. The summed E-state index contributed by atoms with van der Waals surface area (Å²) in [6.07, 6.45) is -3.58. The molecule has 0 spiro atoms. The summed E-state index contributed by atoms with van der Waals surface area (Å²) in [4.78, 5) is 16.8. The number of hydrogen-bond donors (Lipinski definition) is 1. The van der Waals surface area contributed by atoms with Crippen molar-refractivity contribution in [3.05, 3.63) is 100 Å². The van der Waals surface area contributed by atoms with Crippen molar-refractivity contribution in [1.82, 2.24) is 4.98 Å². The van der Waals surface area contributed by atoms with Crippen molar-refractivity contribution in [2.75, 3.05) is 6.61 Å². The van der Waals surface area contributed by atoms with Crippen molar-refractivity contribution in [1.29, 1.82) is 0 Å². The fourth-order valence-corrected chi connectivity index (χ4v) is 8.09. The van der Waals surface area contributed by atoms with Crippen LogP contribution < -0.4 is 9.20 Å². The molecule has 0 aliphatic rings. The monoisotopic (exact) mass is 591 g/mol. The number of ether oxygens (including phenoxy) is 1. The van der Waals surface area contributed by atoms with E-state index >= 15 is 0 Å². The molecule has 0 aliphatic heterocycles. The molecule has 3 aromatic carbocycles. The van der Waals surface area contributed by atoms with Gasteiger partial charge in [0, 0.05) is 0 Å². The Morgan fingerprint density at radius 2 is 1.76 bits per heavy atom. The summed E-state index contributed by atoms with van der Waals surface area (Å²) in [5.41, 5.74) is 2.91. The maximum atomic E-state index is 13.0. The molecule has 0 saturated carbocycles. The van der Waals surface area contributed by atoms with Crippen LogP contribution in [0.15, 0.2) is 72.8 Å². The molecule has 192 valence electrons. The Balaban J connectivity index is 1.63. The molecule has 1 heterocycles. The molecule has 4 aromatic rings. The van der Waals surface area contributed by atoms with Gasteiger partial charge in [-0.3, -0.25) is 0 Å². The van der Waals surface area contributed by atoms with Gasteiger partial charge < -0.3 is 0 Å². The van der Waals surface area contributed by atoms with E-state index in [2.05, 4.69) is 12.1 Å². The SMILES string of the molecule is Cc1cc([Se]C(Cc2ccccc2)c2sc(-c3ccc(C(F)(F)F)cc3)nc2C)ccc1OCC(=O)O. The predicted octanol–water partition coefficient (Wildman–Crippen LogP) is 6.22. The first-order valence-corrected chi connectivity index (χ1v) is 14.1. The molecule has 1 atom stereocenters. The number of carbonyl (C=O) groups is 1. The van der Waals surface area contributed by atoms with Gasteiger partial charge in [-0.2, -0.15) is 0 Å². The normalized spacial score (nSPS) is 12.4. The Labute approximate surface area is 223 Å². The zero-order valence-electron chi connectivity index (χ0n) is 20.1. The van der Waals surface area contributed by atoms with Crippen LogP contribution in [0.2, 0.25) is 0 Å². The first-order chi connectivity index (χ1) is 17.6. The number of carboxylic acids is 1. The van der Waals surface area contributed by atoms with Crippen molar-refractivity contribution in [2.24, 2.45) is 0 Å². The van der Waals surface area contributed by atoms with Crippen molar-refractivity contribution >= 4 is 36.7 Å². The fourth-order valence-electron chi connectivity index (χ4n) is 3.81. The van der Waals surface area contributed by atoms with Crippen LogP contribution in [0.25, 0.3) is 10.6 Å². The molecule has 0 amide bonds. The molecular weight excluding hydrogens is 566 g/mol. The van der Waals surface area contributed by atoms with Crippen LogP contribution in [0, 0.1) is 13.8 Å². The molecule has 0 radical (unpaired) electrons. The third-order valence-corrected chi connectivity index (χ3v) is 9.83. The minimum absolute atomic E-state index is 0.000629.